The van der Waals surface area contributed by atoms with Crippen molar-refractivity contribution in [1.29, 1.82) is 0 Å². The van der Waals surface area contributed by atoms with Crippen LogP contribution in [0.25, 0.3) is 28.2 Å². The molecule has 0 bridgehead atoms. The molecule has 3 atom stereocenters. The van der Waals surface area contributed by atoms with Crippen LogP contribution in [0, 0.1) is 11.8 Å². The smallest absolute Gasteiger partial charge is 0.170 e. The van der Waals surface area contributed by atoms with E-state index >= 15 is 0 Å². The van der Waals surface area contributed by atoms with Gasteiger partial charge in [0, 0.05) is 35.4 Å². The first kappa shape index (κ1) is 18.1. The molecule has 6 nitrogen and oxygen atoms in total. The highest BCUT2D eigenvalue weighted by Crippen LogP contribution is 2.46. The number of benzene rings is 2. The molecule has 1 saturated carbocycles. The lowest BCUT2D eigenvalue weighted by molar-refractivity contribution is 0.736. The van der Waals surface area contributed by atoms with Gasteiger partial charge in [-0.1, -0.05) is 35.3 Å². The van der Waals surface area contributed by atoms with E-state index in [1.165, 1.54) is 0 Å². The second-order valence-corrected chi connectivity index (χ2v) is 8.75. The van der Waals surface area contributed by atoms with Crippen molar-refractivity contribution < 1.29 is 0 Å². The molecule has 0 radical (unpaired) electrons. The van der Waals surface area contributed by atoms with Crippen LogP contribution in [0.2, 0.25) is 10.0 Å². The van der Waals surface area contributed by atoms with Crippen LogP contribution in [0.3, 0.4) is 0 Å². The lowest BCUT2D eigenvalue weighted by Crippen LogP contribution is -2.28. The topological polar surface area (TPSA) is 72.9 Å². The second kappa shape index (κ2) is 6.67. The molecule has 2 aliphatic rings. The Balaban J connectivity index is 1.58. The highest BCUT2D eigenvalue weighted by atomic mass is 35.5. The fourth-order valence-electron chi connectivity index (χ4n) is 4.52. The Morgan fingerprint density at radius 3 is 2.40 bits per heavy atom. The first-order valence-corrected chi connectivity index (χ1v) is 10.6. The first-order valence-electron chi connectivity index (χ1n) is 9.86. The Morgan fingerprint density at radius 1 is 0.933 bits per heavy atom. The van der Waals surface area contributed by atoms with Gasteiger partial charge in [0.2, 0.25) is 0 Å². The lowest BCUT2D eigenvalue weighted by Gasteiger charge is -2.20. The third-order valence-corrected chi connectivity index (χ3v) is 6.77. The number of halogens is 2. The minimum Gasteiger partial charge on any atom is -0.354 e. The van der Waals surface area contributed by atoms with E-state index in [-0.39, 0.29) is 0 Å². The van der Waals surface area contributed by atoms with E-state index in [9.17, 15) is 0 Å². The number of piperidine rings is 1. The summed E-state index contributed by atoms with van der Waals surface area (Å²) in [7, 11) is 0. The quantitative estimate of drug-likeness (QED) is 0.521. The van der Waals surface area contributed by atoms with Crippen molar-refractivity contribution in [3.8, 4) is 17.1 Å². The fraction of sp³-hybridized carbons (Fsp3) is 0.227. The summed E-state index contributed by atoms with van der Waals surface area (Å²) in [6, 6.07) is 15.6. The van der Waals surface area contributed by atoms with E-state index < -0.39 is 0 Å². The predicted molar refractivity (Wildman–Crippen MR) is 119 cm³/mol. The third kappa shape index (κ3) is 2.71. The maximum Gasteiger partial charge on any atom is 0.170 e. The van der Waals surface area contributed by atoms with Crippen molar-refractivity contribution >= 4 is 40.2 Å². The number of imidazole rings is 1. The van der Waals surface area contributed by atoms with Gasteiger partial charge >= 0.3 is 0 Å². The summed E-state index contributed by atoms with van der Waals surface area (Å²) in [6.07, 6.45) is 1.60. The molecule has 2 fully saturated rings. The normalized spacial score (nSPS) is 22.5. The van der Waals surface area contributed by atoms with Gasteiger partial charge in [-0.2, -0.15) is 0 Å². The molecule has 6 rings (SSSR count). The zero-order valence-electron chi connectivity index (χ0n) is 15.9. The number of nitrogens with two attached hydrogens (primary N) is 1. The molecule has 2 N–H and O–H groups in total. The maximum atomic E-state index is 6.54. The van der Waals surface area contributed by atoms with Crippen LogP contribution < -0.4 is 10.6 Å². The van der Waals surface area contributed by atoms with Crippen molar-refractivity contribution in [3.63, 3.8) is 0 Å². The second-order valence-electron chi connectivity index (χ2n) is 7.91. The summed E-state index contributed by atoms with van der Waals surface area (Å²) in [5.74, 6) is 2.67. The summed E-state index contributed by atoms with van der Waals surface area (Å²) in [6.45, 7) is 1.82. The van der Waals surface area contributed by atoms with Gasteiger partial charge in [0.25, 0.3) is 0 Å². The minimum absolute atomic E-state index is 0.323. The summed E-state index contributed by atoms with van der Waals surface area (Å²) < 4.78 is 2.01. The molecule has 30 heavy (non-hydrogen) atoms. The number of hydrogen-bond acceptors (Lipinski definition) is 5. The Morgan fingerprint density at radius 2 is 1.67 bits per heavy atom. The van der Waals surface area contributed by atoms with Crippen molar-refractivity contribution in [1.82, 2.24) is 19.5 Å². The molecule has 150 valence electrons. The standard InChI is InChI=1S/C22H18Cl2N6/c23-12-5-7-13(8-6-12)30-20(14-3-1-2-4-17(14)24)28-19-21(26-11-27-22(19)30)29-9-15-16(10-29)18(15)25/h1-8,11,15-16,18H,9-10,25H2/t15-,16+,18?. The highest BCUT2D eigenvalue weighted by Gasteiger charge is 2.54. The largest absolute Gasteiger partial charge is 0.354 e. The molecule has 0 amide bonds. The van der Waals surface area contributed by atoms with Gasteiger partial charge in [-0.3, -0.25) is 4.57 Å². The molecule has 2 aromatic heterocycles. The molecule has 0 spiro atoms. The van der Waals surface area contributed by atoms with Gasteiger partial charge in [-0.25, -0.2) is 15.0 Å². The van der Waals surface area contributed by atoms with Crippen molar-refractivity contribution in [2.24, 2.45) is 17.6 Å². The van der Waals surface area contributed by atoms with Crippen LogP contribution in [-0.4, -0.2) is 38.7 Å². The lowest BCUT2D eigenvalue weighted by atomic mass is 10.2. The van der Waals surface area contributed by atoms with Gasteiger partial charge in [0.05, 0.1) is 5.02 Å². The summed E-state index contributed by atoms with van der Waals surface area (Å²) in [5, 5.41) is 1.30. The maximum absolute atomic E-state index is 6.54. The third-order valence-electron chi connectivity index (χ3n) is 6.18. The van der Waals surface area contributed by atoms with E-state index in [1.807, 2.05) is 53.1 Å². The van der Waals surface area contributed by atoms with Crippen molar-refractivity contribution in [3.05, 3.63) is 64.9 Å². The molecule has 1 aliphatic heterocycles. The van der Waals surface area contributed by atoms with Crippen LogP contribution in [0.5, 0.6) is 0 Å². The number of rotatable bonds is 3. The summed E-state index contributed by atoms with van der Waals surface area (Å²) in [4.78, 5) is 16.5. The van der Waals surface area contributed by atoms with Crippen LogP contribution in [0.1, 0.15) is 0 Å². The zero-order chi connectivity index (χ0) is 20.4. The number of aromatic nitrogens is 4. The van der Waals surface area contributed by atoms with Gasteiger partial charge in [0.1, 0.15) is 12.2 Å². The fourth-order valence-corrected chi connectivity index (χ4v) is 4.86. The summed E-state index contributed by atoms with van der Waals surface area (Å²) >= 11 is 12.7. The van der Waals surface area contributed by atoms with Crippen LogP contribution >= 0.6 is 23.2 Å². The molecule has 4 aromatic rings. The SMILES string of the molecule is NC1[C@H]2CN(c3ncnc4c3nc(-c3ccccc3Cl)n4-c3ccc(Cl)cc3)C[C@@H]12. The zero-order valence-corrected chi connectivity index (χ0v) is 17.4. The molecule has 1 unspecified atom stereocenters. The van der Waals surface area contributed by atoms with Crippen LogP contribution in [-0.2, 0) is 0 Å². The molecule has 3 heterocycles. The number of hydrogen-bond donors (Lipinski definition) is 1. The molecule has 2 aromatic carbocycles. The average molecular weight is 437 g/mol. The first-order chi connectivity index (χ1) is 14.6. The van der Waals surface area contributed by atoms with E-state index in [0.29, 0.717) is 27.9 Å². The molecular formula is C22H18Cl2N6. The highest BCUT2D eigenvalue weighted by molar-refractivity contribution is 6.33. The molecule has 8 heteroatoms. The number of anilines is 1. The Kier molecular flexibility index (Phi) is 4.03. The van der Waals surface area contributed by atoms with E-state index in [0.717, 1.165) is 47.1 Å². The van der Waals surface area contributed by atoms with Gasteiger partial charge in [-0.05, 0) is 48.2 Å². The molecule has 1 aliphatic carbocycles. The van der Waals surface area contributed by atoms with Gasteiger partial charge in [0.15, 0.2) is 17.0 Å². The van der Waals surface area contributed by atoms with Crippen molar-refractivity contribution in [2.75, 3.05) is 18.0 Å². The number of nitrogens with zero attached hydrogens (tertiary/aromatic N) is 5. The Bertz CT molecular complexity index is 1260. The van der Waals surface area contributed by atoms with E-state index in [4.69, 9.17) is 33.9 Å². The predicted octanol–water partition coefficient (Wildman–Crippen LogP) is 4.18. The molecule has 1 saturated heterocycles. The van der Waals surface area contributed by atoms with Gasteiger partial charge < -0.3 is 10.6 Å². The minimum atomic E-state index is 0.323. The Labute approximate surface area is 183 Å². The monoisotopic (exact) mass is 436 g/mol. The Hall–Kier alpha value is -2.67. The molecular weight excluding hydrogens is 419 g/mol. The van der Waals surface area contributed by atoms with Crippen molar-refractivity contribution in [2.45, 2.75) is 6.04 Å². The van der Waals surface area contributed by atoms with E-state index in [2.05, 4.69) is 14.9 Å². The summed E-state index contributed by atoms with van der Waals surface area (Å²) in [5.41, 5.74) is 9.38. The van der Waals surface area contributed by atoms with Crippen LogP contribution in [0.4, 0.5) is 5.82 Å². The average Bonchev–Trinajstić information content (AvgIpc) is 3.13. The number of fused-ring (bicyclic) bond motifs is 2. The van der Waals surface area contributed by atoms with Crippen LogP contribution in [0.15, 0.2) is 54.9 Å². The van der Waals surface area contributed by atoms with E-state index in [1.54, 1.807) is 6.33 Å². The van der Waals surface area contributed by atoms with Gasteiger partial charge in [-0.15, -0.1) is 0 Å².